The quantitative estimate of drug-likeness (QED) is 0.727. The topological polar surface area (TPSA) is 67.2 Å². The first-order chi connectivity index (χ1) is 13.0. The maximum atomic E-state index is 13.0. The number of pyridine rings is 1. The van der Waals surface area contributed by atoms with Gasteiger partial charge in [-0.25, -0.2) is 9.78 Å². The third kappa shape index (κ3) is 3.35. The molecular formula is C20H22N4O2S. The number of hydrogen-bond acceptors (Lipinski definition) is 4. The third-order valence-electron chi connectivity index (χ3n) is 5.07. The predicted molar refractivity (Wildman–Crippen MR) is 108 cm³/mol. The first-order valence-corrected chi connectivity index (χ1v) is 9.95. The van der Waals surface area contributed by atoms with Crippen molar-refractivity contribution in [3.63, 3.8) is 0 Å². The van der Waals surface area contributed by atoms with Crippen LogP contribution in [0.2, 0.25) is 0 Å². The minimum atomic E-state index is -0.231. The number of carbonyl (C=O) groups is 1. The molecule has 4 rings (SSSR count). The Bertz CT molecular complexity index is 1020. The zero-order chi connectivity index (χ0) is 19.0. The van der Waals surface area contributed by atoms with Gasteiger partial charge in [0.1, 0.15) is 10.7 Å². The fourth-order valence-electron chi connectivity index (χ4n) is 3.51. The number of piperidine rings is 1. The van der Waals surface area contributed by atoms with Gasteiger partial charge in [0.2, 0.25) is 0 Å². The monoisotopic (exact) mass is 382 g/mol. The predicted octanol–water partition coefficient (Wildman–Crippen LogP) is 4.06. The van der Waals surface area contributed by atoms with E-state index in [1.807, 2.05) is 36.1 Å². The summed E-state index contributed by atoms with van der Waals surface area (Å²) in [6.45, 7) is 2.50. The molecule has 2 amide bonds. The largest absolute Gasteiger partial charge is 0.322 e. The third-order valence-corrected chi connectivity index (χ3v) is 6.21. The van der Waals surface area contributed by atoms with E-state index < -0.39 is 0 Å². The van der Waals surface area contributed by atoms with E-state index in [9.17, 15) is 9.59 Å². The lowest BCUT2D eigenvalue weighted by Crippen LogP contribution is -2.42. The van der Waals surface area contributed by atoms with Crippen molar-refractivity contribution in [1.29, 1.82) is 0 Å². The van der Waals surface area contributed by atoms with E-state index in [-0.39, 0.29) is 17.6 Å². The van der Waals surface area contributed by atoms with E-state index in [0.29, 0.717) is 12.2 Å². The normalized spacial score (nSPS) is 17.3. The van der Waals surface area contributed by atoms with Crippen molar-refractivity contribution in [2.24, 2.45) is 7.05 Å². The van der Waals surface area contributed by atoms with Gasteiger partial charge in [-0.15, -0.1) is 11.3 Å². The highest BCUT2D eigenvalue weighted by Gasteiger charge is 2.31. The molecule has 1 saturated heterocycles. The smallest absolute Gasteiger partial charge is 0.317 e. The van der Waals surface area contributed by atoms with Gasteiger partial charge in [-0.05, 0) is 49.9 Å². The van der Waals surface area contributed by atoms with Gasteiger partial charge < -0.3 is 14.8 Å². The molecule has 0 aliphatic carbocycles. The Kier molecular flexibility index (Phi) is 4.70. The lowest BCUT2D eigenvalue weighted by molar-refractivity contribution is 0.163. The molecule has 1 atom stereocenters. The number of hydrogen-bond donors (Lipinski definition) is 1. The molecule has 2 aromatic heterocycles. The number of urea groups is 1. The highest BCUT2D eigenvalue weighted by Crippen LogP contribution is 2.35. The van der Waals surface area contributed by atoms with Gasteiger partial charge >= 0.3 is 6.03 Å². The Hall–Kier alpha value is -2.67. The molecule has 0 bridgehead atoms. The first-order valence-electron chi connectivity index (χ1n) is 9.14. The van der Waals surface area contributed by atoms with Gasteiger partial charge in [0.05, 0.1) is 16.3 Å². The molecule has 0 radical (unpaired) electrons. The molecule has 1 aliphatic heterocycles. The molecule has 140 valence electrons. The highest BCUT2D eigenvalue weighted by atomic mass is 32.1. The van der Waals surface area contributed by atoms with Crippen molar-refractivity contribution < 1.29 is 4.79 Å². The second-order valence-corrected chi connectivity index (χ2v) is 8.01. The Balaban J connectivity index is 1.63. The molecular weight excluding hydrogens is 360 g/mol. The maximum absolute atomic E-state index is 13.0. The number of rotatable bonds is 2. The van der Waals surface area contributed by atoms with E-state index in [1.54, 1.807) is 24.6 Å². The summed E-state index contributed by atoms with van der Waals surface area (Å²) in [6, 6.07) is 9.59. The molecule has 7 heteroatoms. The number of thiazole rings is 1. The van der Waals surface area contributed by atoms with Crippen molar-refractivity contribution >= 4 is 33.3 Å². The summed E-state index contributed by atoms with van der Waals surface area (Å²) < 4.78 is 2.61. The van der Waals surface area contributed by atoms with Crippen LogP contribution in [0.15, 0.2) is 41.3 Å². The van der Waals surface area contributed by atoms with Crippen LogP contribution >= 0.6 is 11.3 Å². The average Bonchev–Trinajstić information content (AvgIpc) is 3.12. The summed E-state index contributed by atoms with van der Waals surface area (Å²) in [7, 11) is 1.68. The van der Waals surface area contributed by atoms with Crippen molar-refractivity contribution in [2.45, 2.75) is 32.2 Å². The molecule has 1 fully saturated rings. The van der Waals surface area contributed by atoms with Crippen LogP contribution in [-0.2, 0) is 7.05 Å². The summed E-state index contributed by atoms with van der Waals surface area (Å²) in [6.07, 6.45) is 4.62. The number of carbonyl (C=O) groups excluding carboxylic acids is 1. The lowest BCUT2D eigenvalue weighted by Gasteiger charge is -2.34. The maximum Gasteiger partial charge on any atom is 0.322 e. The van der Waals surface area contributed by atoms with Gasteiger partial charge in [0.15, 0.2) is 0 Å². The summed E-state index contributed by atoms with van der Waals surface area (Å²) in [5.74, 6) is 0. The van der Waals surface area contributed by atoms with Gasteiger partial charge in [-0.1, -0.05) is 12.1 Å². The van der Waals surface area contributed by atoms with Crippen molar-refractivity contribution in [3.05, 3.63) is 57.5 Å². The van der Waals surface area contributed by atoms with E-state index in [0.717, 1.165) is 40.1 Å². The number of amides is 2. The number of likely N-dealkylation sites (tertiary alicyclic amines) is 1. The molecule has 1 N–H and O–H groups in total. The van der Waals surface area contributed by atoms with Crippen molar-refractivity contribution in [3.8, 4) is 0 Å². The van der Waals surface area contributed by atoms with E-state index in [1.165, 1.54) is 4.57 Å². The Labute approximate surface area is 161 Å². The number of nitrogens with one attached hydrogen (secondary N) is 1. The molecule has 3 heterocycles. The number of aryl methyl sites for hydroxylation is 2. The van der Waals surface area contributed by atoms with Gasteiger partial charge in [0.25, 0.3) is 5.56 Å². The standard InChI is InChI=1S/C20H22N4O2S/c1-13-10-12-23(2)19(25)17(13)22-20(26)24-11-6-5-8-15(24)18-21-14-7-3-4-9-16(14)27-18/h3-4,7,9-10,12,15H,5-6,8,11H2,1-2H3,(H,22,26)/t15-/m1/s1. The van der Waals surface area contributed by atoms with E-state index in [2.05, 4.69) is 11.4 Å². The van der Waals surface area contributed by atoms with E-state index in [4.69, 9.17) is 4.98 Å². The number of anilines is 1. The van der Waals surface area contributed by atoms with Gasteiger partial charge in [-0.3, -0.25) is 4.79 Å². The second-order valence-electron chi connectivity index (χ2n) is 6.94. The summed E-state index contributed by atoms with van der Waals surface area (Å²) in [4.78, 5) is 32.0. The summed E-state index contributed by atoms with van der Waals surface area (Å²) in [5.41, 5.74) is 1.88. The average molecular weight is 382 g/mol. The summed E-state index contributed by atoms with van der Waals surface area (Å²) >= 11 is 1.64. The lowest BCUT2D eigenvalue weighted by atomic mass is 10.0. The van der Waals surface area contributed by atoms with Crippen LogP contribution in [0.4, 0.5) is 10.5 Å². The van der Waals surface area contributed by atoms with Crippen LogP contribution < -0.4 is 10.9 Å². The molecule has 0 spiro atoms. The Morgan fingerprint density at radius 2 is 2.07 bits per heavy atom. The van der Waals surface area contributed by atoms with Gasteiger partial charge in [-0.2, -0.15) is 0 Å². The fraction of sp³-hybridized carbons (Fsp3) is 0.350. The molecule has 1 aliphatic rings. The van der Waals surface area contributed by atoms with E-state index >= 15 is 0 Å². The molecule has 6 nitrogen and oxygen atoms in total. The zero-order valence-electron chi connectivity index (χ0n) is 15.4. The number of para-hydroxylation sites is 1. The van der Waals surface area contributed by atoms with Crippen LogP contribution in [0, 0.1) is 6.92 Å². The van der Waals surface area contributed by atoms with Crippen LogP contribution in [0.5, 0.6) is 0 Å². The molecule has 3 aromatic rings. The van der Waals surface area contributed by atoms with Crippen LogP contribution in [0.3, 0.4) is 0 Å². The minimum absolute atomic E-state index is 0.0518. The SMILES string of the molecule is Cc1ccn(C)c(=O)c1NC(=O)N1CCCC[C@@H]1c1nc2ccccc2s1. The molecule has 27 heavy (non-hydrogen) atoms. The summed E-state index contributed by atoms with van der Waals surface area (Å²) in [5, 5.41) is 3.81. The number of fused-ring (bicyclic) bond motifs is 1. The van der Waals surface area contributed by atoms with Crippen LogP contribution in [0.25, 0.3) is 10.2 Å². The zero-order valence-corrected chi connectivity index (χ0v) is 16.3. The minimum Gasteiger partial charge on any atom is -0.317 e. The Morgan fingerprint density at radius 3 is 2.89 bits per heavy atom. The Morgan fingerprint density at radius 1 is 1.26 bits per heavy atom. The van der Waals surface area contributed by atoms with Crippen molar-refractivity contribution in [1.82, 2.24) is 14.5 Å². The number of aromatic nitrogens is 2. The first kappa shape index (κ1) is 17.7. The highest BCUT2D eigenvalue weighted by molar-refractivity contribution is 7.18. The van der Waals surface area contributed by atoms with Crippen LogP contribution in [0.1, 0.15) is 35.9 Å². The molecule has 0 saturated carbocycles. The number of nitrogens with zero attached hydrogens (tertiary/aromatic N) is 3. The van der Waals surface area contributed by atoms with Crippen molar-refractivity contribution in [2.75, 3.05) is 11.9 Å². The number of benzene rings is 1. The fourth-order valence-corrected chi connectivity index (χ4v) is 4.63. The molecule has 1 aromatic carbocycles. The van der Waals surface area contributed by atoms with Crippen LogP contribution in [-0.4, -0.2) is 27.0 Å². The molecule has 0 unspecified atom stereocenters. The second kappa shape index (κ2) is 7.15. The van der Waals surface area contributed by atoms with Gasteiger partial charge in [0, 0.05) is 19.8 Å².